The highest BCUT2D eigenvalue weighted by molar-refractivity contribution is 5.93. The minimum Gasteiger partial charge on any atom is -0.371 e. The summed E-state index contributed by atoms with van der Waals surface area (Å²) in [6.07, 6.45) is 4.25. The molecule has 4 nitrogen and oxygen atoms in total. The fraction of sp³-hybridized carbons (Fsp3) is 0.625. The van der Waals surface area contributed by atoms with Crippen LogP contribution in [0.2, 0.25) is 0 Å². The van der Waals surface area contributed by atoms with Crippen LogP contribution in [0, 0.1) is 11.8 Å². The maximum atomic E-state index is 12.1. The molecular formula is C16H25N3O. The number of nitrogens with one attached hydrogen (secondary N) is 1. The Hall–Kier alpha value is -1.58. The van der Waals surface area contributed by atoms with E-state index in [1.807, 2.05) is 12.1 Å². The Balaban J connectivity index is 2.05. The number of hydrogen-bond acceptors (Lipinski definition) is 3. The zero-order valence-corrected chi connectivity index (χ0v) is 12.7. The number of amides is 1. The summed E-state index contributed by atoms with van der Waals surface area (Å²) in [6.45, 7) is 9.27. The zero-order chi connectivity index (χ0) is 14.5. The van der Waals surface area contributed by atoms with E-state index < -0.39 is 0 Å². The van der Waals surface area contributed by atoms with E-state index in [9.17, 15) is 4.79 Å². The van der Waals surface area contributed by atoms with Crippen molar-refractivity contribution in [1.29, 1.82) is 0 Å². The van der Waals surface area contributed by atoms with Gasteiger partial charge in [-0.05, 0) is 36.8 Å². The first-order chi connectivity index (χ1) is 9.56. The molecule has 1 saturated heterocycles. The second-order valence-corrected chi connectivity index (χ2v) is 6.20. The number of carbonyl (C=O) groups excluding carboxylic acids is 1. The molecule has 1 amide bonds. The number of nitrogens with zero attached hydrogens (tertiary/aromatic N) is 2. The van der Waals surface area contributed by atoms with E-state index in [1.54, 1.807) is 6.20 Å². The molecule has 1 aromatic rings. The molecule has 1 aliphatic rings. The van der Waals surface area contributed by atoms with Gasteiger partial charge >= 0.3 is 0 Å². The van der Waals surface area contributed by atoms with Crippen LogP contribution in [0.15, 0.2) is 18.3 Å². The quantitative estimate of drug-likeness (QED) is 0.919. The molecule has 1 unspecified atom stereocenters. The SMILES string of the molecule is CC(C)CNC(=O)c1cc(N2CCCC(C)C2)ccn1. The standard InChI is InChI=1S/C16H25N3O/c1-12(2)10-18-16(20)15-9-14(6-7-17-15)19-8-4-5-13(3)11-19/h6-7,9,12-13H,4-5,8,10-11H2,1-3H3,(H,18,20). The second-order valence-electron chi connectivity index (χ2n) is 6.20. The van der Waals surface area contributed by atoms with Gasteiger partial charge in [0.05, 0.1) is 0 Å². The van der Waals surface area contributed by atoms with Crippen LogP contribution in [-0.2, 0) is 0 Å². The monoisotopic (exact) mass is 275 g/mol. The van der Waals surface area contributed by atoms with Crippen LogP contribution in [0.3, 0.4) is 0 Å². The summed E-state index contributed by atoms with van der Waals surface area (Å²) in [5.74, 6) is 1.09. The molecule has 0 spiro atoms. The van der Waals surface area contributed by atoms with Crippen LogP contribution in [0.1, 0.15) is 44.1 Å². The summed E-state index contributed by atoms with van der Waals surface area (Å²) in [5.41, 5.74) is 1.63. The van der Waals surface area contributed by atoms with Crippen molar-refractivity contribution < 1.29 is 4.79 Å². The number of pyridine rings is 1. The normalized spacial score (nSPS) is 19.2. The van der Waals surface area contributed by atoms with Crippen molar-refractivity contribution in [1.82, 2.24) is 10.3 Å². The Morgan fingerprint density at radius 1 is 1.55 bits per heavy atom. The highest BCUT2D eigenvalue weighted by Gasteiger charge is 2.18. The Bertz CT molecular complexity index is 459. The third-order valence-corrected chi connectivity index (χ3v) is 3.67. The van der Waals surface area contributed by atoms with E-state index in [4.69, 9.17) is 0 Å². The van der Waals surface area contributed by atoms with Crippen molar-refractivity contribution in [3.05, 3.63) is 24.0 Å². The molecule has 2 rings (SSSR count). The summed E-state index contributed by atoms with van der Waals surface area (Å²) in [6, 6.07) is 3.91. The smallest absolute Gasteiger partial charge is 0.269 e. The predicted molar refractivity (Wildman–Crippen MR) is 82.0 cm³/mol. The summed E-state index contributed by atoms with van der Waals surface area (Å²) in [7, 11) is 0. The molecule has 2 heterocycles. The lowest BCUT2D eigenvalue weighted by molar-refractivity contribution is 0.0944. The van der Waals surface area contributed by atoms with Gasteiger partial charge in [0, 0.05) is 31.5 Å². The van der Waals surface area contributed by atoms with Crippen molar-refractivity contribution in [2.24, 2.45) is 11.8 Å². The molecule has 0 radical (unpaired) electrons. The van der Waals surface area contributed by atoms with Crippen molar-refractivity contribution in [2.45, 2.75) is 33.6 Å². The lowest BCUT2D eigenvalue weighted by Gasteiger charge is -2.32. The van der Waals surface area contributed by atoms with Crippen LogP contribution in [0.5, 0.6) is 0 Å². The molecule has 1 N–H and O–H groups in total. The van der Waals surface area contributed by atoms with Gasteiger partial charge in [-0.2, -0.15) is 0 Å². The van der Waals surface area contributed by atoms with Crippen molar-refractivity contribution in [3.63, 3.8) is 0 Å². The first-order valence-corrected chi connectivity index (χ1v) is 7.55. The third-order valence-electron chi connectivity index (χ3n) is 3.67. The Morgan fingerprint density at radius 2 is 2.35 bits per heavy atom. The first kappa shape index (κ1) is 14.8. The van der Waals surface area contributed by atoms with Gasteiger partial charge in [0.15, 0.2) is 0 Å². The van der Waals surface area contributed by atoms with E-state index in [-0.39, 0.29) is 5.91 Å². The van der Waals surface area contributed by atoms with E-state index in [0.717, 1.165) is 24.7 Å². The van der Waals surface area contributed by atoms with Gasteiger partial charge in [-0.25, -0.2) is 0 Å². The van der Waals surface area contributed by atoms with Crippen LogP contribution in [0.25, 0.3) is 0 Å². The van der Waals surface area contributed by atoms with Crippen molar-refractivity contribution in [2.75, 3.05) is 24.5 Å². The van der Waals surface area contributed by atoms with Crippen LogP contribution in [-0.4, -0.2) is 30.5 Å². The van der Waals surface area contributed by atoms with E-state index in [0.29, 0.717) is 18.2 Å². The topological polar surface area (TPSA) is 45.2 Å². The number of anilines is 1. The fourth-order valence-electron chi connectivity index (χ4n) is 2.55. The highest BCUT2D eigenvalue weighted by atomic mass is 16.1. The molecule has 1 aliphatic heterocycles. The molecular weight excluding hydrogens is 250 g/mol. The largest absolute Gasteiger partial charge is 0.371 e. The van der Waals surface area contributed by atoms with Gasteiger partial charge < -0.3 is 10.2 Å². The minimum atomic E-state index is -0.0781. The lowest BCUT2D eigenvalue weighted by Crippen LogP contribution is -2.34. The number of rotatable bonds is 4. The Kier molecular flexibility index (Phi) is 4.99. The average Bonchev–Trinajstić information content (AvgIpc) is 2.45. The van der Waals surface area contributed by atoms with Gasteiger partial charge in [-0.1, -0.05) is 20.8 Å². The molecule has 1 fully saturated rings. The lowest BCUT2D eigenvalue weighted by atomic mass is 10.00. The molecule has 110 valence electrons. The van der Waals surface area contributed by atoms with E-state index in [2.05, 4.69) is 36.0 Å². The van der Waals surface area contributed by atoms with Gasteiger partial charge in [-0.15, -0.1) is 0 Å². The number of hydrogen-bond donors (Lipinski definition) is 1. The molecule has 4 heteroatoms. The van der Waals surface area contributed by atoms with Crippen molar-refractivity contribution >= 4 is 11.6 Å². The summed E-state index contributed by atoms with van der Waals surface area (Å²) < 4.78 is 0. The minimum absolute atomic E-state index is 0.0781. The fourth-order valence-corrected chi connectivity index (χ4v) is 2.55. The van der Waals surface area contributed by atoms with Crippen LogP contribution < -0.4 is 10.2 Å². The van der Waals surface area contributed by atoms with Gasteiger partial charge in [0.1, 0.15) is 5.69 Å². The van der Waals surface area contributed by atoms with Gasteiger partial charge in [0.2, 0.25) is 0 Å². The van der Waals surface area contributed by atoms with Crippen LogP contribution >= 0.6 is 0 Å². The second kappa shape index (κ2) is 6.73. The average molecular weight is 275 g/mol. The molecule has 1 atom stereocenters. The first-order valence-electron chi connectivity index (χ1n) is 7.55. The summed E-state index contributed by atoms with van der Waals surface area (Å²) >= 11 is 0. The Labute approximate surface area is 121 Å². The summed E-state index contributed by atoms with van der Waals surface area (Å²) in [4.78, 5) is 18.6. The molecule has 0 bridgehead atoms. The third kappa shape index (κ3) is 3.95. The van der Waals surface area contributed by atoms with Gasteiger partial charge in [-0.3, -0.25) is 9.78 Å². The molecule has 20 heavy (non-hydrogen) atoms. The summed E-state index contributed by atoms with van der Waals surface area (Å²) in [5, 5.41) is 2.92. The van der Waals surface area contributed by atoms with E-state index in [1.165, 1.54) is 12.8 Å². The maximum Gasteiger partial charge on any atom is 0.269 e. The van der Waals surface area contributed by atoms with E-state index >= 15 is 0 Å². The highest BCUT2D eigenvalue weighted by Crippen LogP contribution is 2.22. The maximum absolute atomic E-state index is 12.1. The van der Waals surface area contributed by atoms with Crippen LogP contribution in [0.4, 0.5) is 5.69 Å². The number of piperidine rings is 1. The molecule has 0 saturated carbocycles. The van der Waals surface area contributed by atoms with Crippen molar-refractivity contribution in [3.8, 4) is 0 Å². The Morgan fingerprint density at radius 3 is 3.05 bits per heavy atom. The number of carbonyl (C=O) groups is 1. The zero-order valence-electron chi connectivity index (χ0n) is 12.7. The molecule has 1 aromatic heterocycles. The predicted octanol–water partition coefficient (Wildman–Crippen LogP) is 2.70. The molecule has 0 aromatic carbocycles. The number of aromatic nitrogens is 1. The molecule has 0 aliphatic carbocycles. The van der Waals surface area contributed by atoms with Gasteiger partial charge in [0.25, 0.3) is 5.91 Å².